The average Bonchev–Trinajstić information content (AvgIpc) is 2.88. The van der Waals surface area contributed by atoms with Crippen molar-refractivity contribution < 1.29 is 9.15 Å². The monoisotopic (exact) mass is 246 g/mol. The van der Waals surface area contributed by atoms with Crippen molar-refractivity contribution in [1.82, 2.24) is 10.3 Å². The lowest BCUT2D eigenvalue weighted by molar-refractivity contribution is 0.266. The first kappa shape index (κ1) is 12.6. The maximum Gasteiger partial charge on any atom is 0.146 e. The van der Waals surface area contributed by atoms with Crippen molar-refractivity contribution in [3.8, 4) is 5.75 Å². The third-order valence-corrected chi connectivity index (χ3v) is 2.52. The molecule has 0 aliphatic heterocycles. The van der Waals surface area contributed by atoms with Crippen LogP contribution >= 0.6 is 0 Å². The lowest BCUT2D eigenvalue weighted by Gasteiger charge is -2.12. The molecule has 4 nitrogen and oxygen atoms in total. The van der Waals surface area contributed by atoms with Crippen molar-refractivity contribution in [3.63, 3.8) is 0 Å². The van der Waals surface area contributed by atoms with Gasteiger partial charge in [0.1, 0.15) is 18.1 Å². The van der Waals surface area contributed by atoms with Crippen LogP contribution in [-0.4, -0.2) is 11.0 Å². The van der Waals surface area contributed by atoms with Gasteiger partial charge in [0.05, 0.1) is 12.5 Å². The van der Waals surface area contributed by atoms with Crippen LogP contribution in [0.4, 0.5) is 0 Å². The standard InChI is InChI=1S/C14H18N2O2/c1-11(2)16-8-12-5-6-15-9-14(12)18-10-13-4-3-7-17-13/h3-7,9,11,16H,8,10H2,1-2H3. The number of aromatic nitrogens is 1. The summed E-state index contributed by atoms with van der Waals surface area (Å²) in [5.41, 5.74) is 1.10. The summed E-state index contributed by atoms with van der Waals surface area (Å²) in [4.78, 5) is 4.09. The highest BCUT2D eigenvalue weighted by molar-refractivity contribution is 5.29. The molecule has 96 valence electrons. The predicted molar refractivity (Wildman–Crippen MR) is 69.3 cm³/mol. The van der Waals surface area contributed by atoms with Crippen LogP contribution in [-0.2, 0) is 13.2 Å². The fourth-order valence-corrected chi connectivity index (χ4v) is 1.54. The van der Waals surface area contributed by atoms with Crippen LogP contribution in [0.25, 0.3) is 0 Å². The molecule has 4 heteroatoms. The van der Waals surface area contributed by atoms with Gasteiger partial charge in [0.25, 0.3) is 0 Å². The van der Waals surface area contributed by atoms with Crippen LogP contribution in [0, 0.1) is 0 Å². The topological polar surface area (TPSA) is 47.3 Å². The number of rotatable bonds is 6. The molecule has 0 fully saturated rings. The van der Waals surface area contributed by atoms with Crippen molar-refractivity contribution >= 4 is 0 Å². The molecule has 18 heavy (non-hydrogen) atoms. The number of nitrogens with zero attached hydrogens (tertiary/aromatic N) is 1. The van der Waals surface area contributed by atoms with Crippen molar-refractivity contribution in [2.45, 2.75) is 33.0 Å². The molecule has 0 radical (unpaired) electrons. The first-order valence-electron chi connectivity index (χ1n) is 6.07. The van der Waals surface area contributed by atoms with Crippen molar-refractivity contribution in [1.29, 1.82) is 0 Å². The Morgan fingerprint density at radius 1 is 1.39 bits per heavy atom. The van der Waals surface area contributed by atoms with Gasteiger partial charge in [-0.15, -0.1) is 0 Å². The summed E-state index contributed by atoms with van der Waals surface area (Å²) >= 11 is 0. The molecule has 0 aliphatic carbocycles. The third-order valence-electron chi connectivity index (χ3n) is 2.52. The lowest BCUT2D eigenvalue weighted by Crippen LogP contribution is -2.22. The quantitative estimate of drug-likeness (QED) is 0.851. The molecule has 2 aromatic heterocycles. The van der Waals surface area contributed by atoms with Crippen LogP contribution in [0.3, 0.4) is 0 Å². The number of nitrogens with one attached hydrogen (secondary N) is 1. The maximum absolute atomic E-state index is 5.72. The summed E-state index contributed by atoms with van der Waals surface area (Å²) < 4.78 is 10.9. The average molecular weight is 246 g/mol. The van der Waals surface area contributed by atoms with Crippen LogP contribution in [0.15, 0.2) is 41.3 Å². The number of ether oxygens (including phenoxy) is 1. The molecule has 0 aromatic carbocycles. The largest absolute Gasteiger partial charge is 0.484 e. The van der Waals surface area contributed by atoms with E-state index >= 15 is 0 Å². The Bertz CT molecular complexity index is 466. The molecule has 1 N–H and O–H groups in total. The van der Waals surface area contributed by atoms with Crippen LogP contribution in [0.1, 0.15) is 25.2 Å². The van der Waals surface area contributed by atoms with Gasteiger partial charge in [-0.1, -0.05) is 13.8 Å². The summed E-state index contributed by atoms with van der Waals surface area (Å²) in [6, 6.07) is 6.15. The summed E-state index contributed by atoms with van der Waals surface area (Å²) in [7, 11) is 0. The predicted octanol–water partition coefficient (Wildman–Crippen LogP) is 2.75. The van der Waals surface area contributed by atoms with Crippen LogP contribution < -0.4 is 10.1 Å². The number of hydrogen-bond donors (Lipinski definition) is 1. The van der Waals surface area contributed by atoms with E-state index in [0.29, 0.717) is 12.6 Å². The Hall–Kier alpha value is -1.81. The molecule has 0 bridgehead atoms. The zero-order valence-electron chi connectivity index (χ0n) is 10.7. The summed E-state index contributed by atoms with van der Waals surface area (Å²) in [5, 5.41) is 3.36. The second-order valence-corrected chi connectivity index (χ2v) is 4.39. The van der Waals surface area contributed by atoms with E-state index in [1.165, 1.54) is 0 Å². The van der Waals surface area contributed by atoms with E-state index < -0.39 is 0 Å². The summed E-state index contributed by atoms with van der Waals surface area (Å²) in [6.07, 6.45) is 5.15. The van der Waals surface area contributed by atoms with E-state index in [1.807, 2.05) is 18.2 Å². The Morgan fingerprint density at radius 3 is 3.00 bits per heavy atom. The first-order valence-corrected chi connectivity index (χ1v) is 6.07. The summed E-state index contributed by atoms with van der Waals surface area (Å²) in [6.45, 7) is 5.43. The molecule has 0 atom stereocenters. The molecule has 0 saturated heterocycles. The maximum atomic E-state index is 5.72. The van der Waals surface area contributed by atoms with Gasteiger partial charge >= 0.3 is 0 Å². The normalized spacial score (nSPS) is 10.8. The minimum Gasteiger partial charge on any atom is -0.484 e. The van der Waals surface area contributed by atoms with Gasteiger partial charge in [-0.05, 0) is 18.2 Å². The van der Waals surface area contributed by atoms with Crippen molar-refractivity contribution in [2.75, 3.05) is 0 Å². The zero-order valence-corrected chi connectivity index (χ0v) is 10.7. The van der Waals surface area contributed by atoms with E-state index in [9.17, 15) is 0 Å². The van der Waals surface area contributed by atoms with E-state index in [2.05, 4.69) is 24.1 Å². The molecule has 0 spiro atoms. The molecule has 2 heterocycles. The minimum absolute atomic E-state index is 0.424. The van der Waals surface area contributed by atoms with E-state index in [4.69, 9.17) is 9.15 Å². The van der Waals surface area contributed by atoms with E-state index in [0.717, 1.165) is 23.6 Å². The van der Waals surface area contributed by atoms with E-state index in [-0.39, 0.29) is 0 Å². The Morgan fingerprint density at radius 2 is 2.28 bits per heavy atom. The second kappa shape index (κ2) is 6.21. The van der Waals surface area contributed by atoms with Gasteiger partial charge in [-0.25, -0.2) is 0 Å². The van der Waals surface area contributed by atoms with Gasteiger partial charge < -0.3 is 14.5 Å². The Labute approximate surface area is 107 Å². The molecule has 0 unspecified atom stereocenters. The highest BCUT2D eigenvalue weighted by atomic mass is 16.5. The SMILES string of the molecule is CC(C)NCc1ccncc1OCc1ccco1. The van der Waals surface area contributed by atoms with Crippen LogP contribution in [0.5, 0.6) is 5.75 Å². The number of hydrogen-bond acceptors (Lipinski definition) is 4. The highest BCUT2D eigenvalue weighted by Gasteiger charge is 2.05. The van der Waals surface area contributed by atoms with Crippen molar-refractivity contribution in [3.05, 3.63) is 48.2 Å². The smallest absolute Gasteiger partial charge is 0.146 e. The number of furan rings is 1. The summed E-state index contributed by atoms with van der Waals surface area (Å²) in [5.74, 6) is 1.60. The van der Waals surface area contributed by atoms with Gasteiger partial charge in [0, 0.05) is 24.3 Å². The molecule has 0 amide bonds. The zero-order chi connectivity index (χ0) is 12.8. The molecule has 0 saturated carbocycles. The molecule has 2 aromatic rings. The Kier molecular flexibility index (Phi) is 4.36. The fraction of sp³-hybridized carbons (Fsp3) is 0.357. The lowest BCUT2D eigenvalue weighted by atomic mass is 10.2. The van der Waals surface area contributed by atoms with Gasteiger partial charge in [-0.2, -0.15) is 0 Å². The van der Waals surface area contributed by atoms with Crippen LogP contribution in [0.2, 0.25) is 0 Å². The molecular formula is C14H18N2O2. The number of pyridine rings is 1. The molecule has 0 aliphatic rings. The van der Waals surface area contributed by atoms with Crippen molar-refractivity contribution in [2.24, 2.45) is 0 Å². The first-order chi connectivity index (χ1) is 8.75. The van der Waals surface area contributed by atoms with Gasteiger partial charge in [0.2, 0.25) is 0 Å². The Balaban J connectivity index is 1.98. The molecular weight excluding hydrogens is 228 g/mol. The fourth-order valence-electron chi connectivity index (χ4n) is 1.54. The minimum atomic E-state index is 0.424. The highest BCUT2D eigenvalue weighted by Crippen LogP contribution is 2.18. The van der Waals surface area contributed by atoms with Gasteiger partial charge in [0.15, 0.2) is 0 Å². The second-order valence-electron chi connectivity index (χ2n) is 4.39. The third kappa shape index (κ3) is 3.60. The van der Waals surface area contributed by atoms with E-state index in [1.54, 1.807) is 18.7 Å². The van der Waals surface area contributed by atoms with Gasteiger partial charge in [-0.3, -0.25) is 4.98 Å². The molecule has 2 rings (SSSR count).